The first-order chi connectivity index (χ1) is 6.74. The Morgan fingerprint density at radius 1 is 1.29 bits per heavy atom. The van der Waals surface area contributed by atoms with Crippen molar-refractivity contribution in [2.24, 2.45) is 0 Å². The Balaban J connectivity index is 2.15. The molecule has 0 saturated heterocycles. The van der Waals surface area contributed by atoms with Gasteiger partial charge in [0, 0.05) is 6.42 Å². The maximum Gasteiger partial charge on any atom is 0.320 e. The number of halogens is 1. The Labute approximate surface area is 86.7 Å². The zero-order valence-electron chi connectivity index (χ0n) is 7.70. The van der Waals surface area contributed by atoms with Gasteiger partial charge in [-0.15, -0.1) is 0 Å². The maximum atomic E-state index is 5.51. The molecule has 0 spiro atoms. The minimum atomic E-state index is 0.0899. The molecule has 3 nitrogen and oxygen atoms in total. The third kappa shape index (κ3) is 2.12. The standard InChI is InChI=1S/C10H9ClN2O/c1-7-2-4-8(5-3-7)6-9-12-10(11)14-13-9/h2-5H,6H2,1H3. The lowest BCUT2D eigenvalue weighted by Crippen LogP contribution is -1.90. The number of benzene rings is 1. The molecular weight excluding hydrogens is 200 g/mol. The van der Waals surface area contributed by atoms with Crippen LogP contribution in [0.3, 0.4) is 0 Å². The van der Waals surface area contributed by atoms with Crippen molar-refractivity contribution in [2.45, 2.75) is 13.3 Å². The Bertz CT molecular complexity index is 422. The summed E-state index contributed by atoms with van der Waals surface area (Å²) < 4.78 is 4.66. The molecule has 0 aliphatic rings. The van der Waals surface area contributed by atoms with Gasteiger partial charge in [0.05, 0.1) is 0 Å². The molecule has 0 atom stereocenters. The molecule has 1 aromatic heterocycles. The van der Waals surface area contributed by atoms with Crippen LogP contribution in [0.2, 0.25) is 5.35 Å². The van der Waals surface area contributed by atoms with Crippen molar-refractivity contribution in [1.29, 1.82) is 0 Å². The van der Waals surface area contributed by atoms with E-state index in [1.807, 2.05) is 12.1 Å². The van der Waals surface area contributed by atoms with Crippen LogP contribution in [-0.4, -0.2) is 10.1 Å². The van der Waals surface area contributed by atoms with Gasteiger partial charge in [-0.25, -0.2) is 0 Å². The third-order valence-corrected chi connectivity index (χ3v) is 2.08. The van der Waals surface area contributed by atoms with Crippen LogP contribution >= 0.6 is 11.6 Å². The molecule has 0 fully saturated rings. The highest BCUT2D eigenvalue weighted by atomic mass is 35.5. The molecule has 0 saturated carbocycles. The molecule has 0 radical (unpaired) electrons. The molecule has 0 amide bonds. The molecule has 14 heavy (non-hydrogen) atoms. The Morgan fingerprint density at radius 2 is 2.00 bits per heavy atom. The van der Waals surface area contributed by atoms with Crippen molar-refractivity contribution in [1.82, 2.24) is 10.1 Å². The highest BCUT2D eigenvalue weighted by Crippen LogP contribution is 2.10. The number of nitrogens with zero attached hydrogens (tertiary/aromatic N) is 2. The van der Waals surface area contributed by atoms with E-state index in [-0.39, 0.29) is 5.35 Å². The lowest BCUT2D eigenvalue weighted by atomic mass is 10.1. The highest BCUT2D eigenvalue weighted by molar-refractivity contribution is 6.27. The summed E-state index contributed by atoms with van der Waals surface area (Å²) >= 11 is 5.51. The van der Waals surface area contributed by atoms with Gasteiger partial charge in [0.15, 0.2) is 5.82 Å². The number of aromatic nitrogens is 2. The monoisotopic (exact) mass is 208 g/mol. The summed E-state index contributed by atoms with van der Waals surface area (Å²) in [4.78, 5) is 3.92. The number of hydrogen-bond acceptors (Lipinski definition) is 3. The highest BCUT2D eigenvalue weighted by Gasteiger charge is 2.03. The molecule has 0 bridgehead atoms. The van der Waals surface area contributed by atoms with Gasteiger partial charge in [0.25, 0.3) is 0 Å². The quantitative estimate of drug-likeness (QED) is 0.762. The van der Waals surface area contributed by atoms with Crippen LogP contribution < -0.4 is 0 Å². The van der Waals surface area contributed by atoms with Crippen LogP contribution in [0, 0.1) is 6.92 Å². The third-order valence-electron chi connectivity index (χ3n) is 1.93. The molecule has 0 aliphatic heterocycles. The van der Waals surface area contributed by atoms with Gasteiger partial charge in [-0.2, -0.15) is 4.98 Å². The van der Waals surface area contributed by atoms with Crippen molar-refractivity contribution in [3.05, 3.63) is 46.6 Å². The second-order valence-corrected chi connectivity index (χ2v) is 3.45. The molecular formula is C10H9ClN2O. The Kier molecular flexibility index (Phi) is 2.50. The normalized spacial score (nSPS) is 10.4. The smallest absolute Gasteiger partial charge is 0.320 e. The van der Waals surface area contributed by atoms with E-state index in [1.165, 1.54) is 5.56 Å². The van der Waals surface area contributed by atoms with Crippen molar-refractivity contribution < 1.29 is 4.52 Å². The summed E-state index contributed by atoms with van der Waals surface area (Å²) in [6.07, 6.45) is 0.649. The van der Waals surface area contributed by atoms with Crippen LogP contribution in [0.25, 0.3) is 0 Å². The molecule has 2 aromatic rings. The fraction of sp³-hybridized carbons (Fsp3) is 0.200. The summed E-state index contributed by atoms with van der Waals surface area (Å²) in [6, 6.07) is 8.19. The minimum Gasteiger partial charge on any atom is -0.321 e. The van der Waals surface area contributed by atoms with Gasteiger partial charge < -0.3 is 4.52 Å². The summed E-state index contributed by atoms with van der Waals surface area (Å²) in [5, 5.41) is 3.81. The molecule has 2 rings (SSSR count). The zero-order valence-corrected chi connectivity index (χ0v) is 8.45. The van der Waals surface area contributed by atoms with Gasteiger partial charge in [0.2, 0.25) is 0 Å². The molecule has 72 valence electrons. The van der Waals surface area contributed by atoms with E-state index < -0.39 is 0 Å². The molecule has 4 heteroatoms. The summed E-state index contributed by atoms with van der Waals surface area (Å²) in [7, 11) is 0. The van der Waals surface area contributed by atoms with Crippen LogP contribution in [0.5, 0.6) is 0 Å². The zero-order chi connectivity index (χ0) is 9.97. The largest absolute Gasteiger partial charge is 0.321 e. The van der Waals surface area contributed by atoms with Crippen LogP contribution in [-0.2, 0) is 6.42 Å². The fourth-order valence-corrected chi connectivity index (χ4v) is 1.33. The maximum absolute atomic E-state index is 5.51. The number of aryl methyl sites for hydroxylation is 1. The van der Waals surface area contributed by atoms with Crippen molar-refractivity contribution in [2.75, 3.05) is 0 Å². The first kappa shape index (κ1) is 9.21. The van der Waals surface area contributed by atoms with Crippen LogP contribution in [0.1, 0.15) is 17.0 Å². The minimum absolute atomic E-state index is 0.0899. The first-order valence-corrected chi connectivity index (χ1v) is 4.65. The second kappa shape index (κ2) is 3.80. The Morgan fingerprint density at radius 3 is 2.57 bits per heavy atom. The molecule has 0 N–H and O–H groups in total. The summed E-state index contributed by atoms with van der Waals surface area (Å²) in [5.41, 5.74) is 2.38. The average Bonchev–Trinajstić information content (AvgIpc) is 2.56. The fourth-order valence-electron chi connectivity index (χ4n) is 1.19. The van der Waals surface area contributed by atoms with Gasteiger partial charge in [-0.05, 0) is 24.1 Å². The van der Waals surface area contributed by atoms with E-state index in [1.54, 1.807) is 0 Å². The van der Waals surface area contributed by atoms with Gasteiger partial charge in [-0.1, -0.05) is 35.0 Å². The van der Waals surface area contributed by atoms with Crippen molar-refractivity contribution in [3.63, 3.8) is 0 Å². The number of rotatable bonds is 2. The van der Waals surface area contributed by atoms with Crippen molar-refractivity contribution >= 4 is 11.6 Å². The average molecular weight is 209 g/mol. The molecule has 1 heterocycles. The molecule has 0 unspecified atom stereocenters. The summed E-state index contributed by atoms with van der Waals surface area (Å²) in [5.74, 6) is 0.610. The van der Waals surface area contributed by atoms with E-state index in [0.717, 1.165) is 5.56 Å². The van der Waals surface area contributed by atoms with E-state index in [0.29, 0.717) is 12.2 Å². The van der Waals surface area contributed by atoms with E-state index in [4.69, 9.17) is 11.6 Å². The van der Waals surface area contributed by atoms with Gasteiger partial charge in [-0.3, -0.25) is 0 Å². The van der Waals surface area contributed by atoms with Crippen molar-refractivity contribution in [3.8, 4) is 0 Å². The Hall–Kier alpha value is -1.35. The van der Waals surface area contributed by atoms with Crippen LogP contribution in [0.15, 0.2) is 28.8 Å². The van der Waals surface area contributed by atoms with Crippen LogP contribution in [0.4, 0.5) is 0 Å². The molecule has 1 aromatic carbocycles. The SMILES string of the molecule is Cc1ccc(Cc2noc(Cl)n2)cc1. The van der Waals surface area contributed by atoms with E-state index >= 15 is 0 Å². The van der Waals surface area contributed by atoms with Gasteiger partial charge in [0.1, 0.15) is 0 Å². The summed E-state index contributed by atoms with van der Waals surface area (Å²) in [6.45, 7) is 2.05. The van der Waals surface area contributed by atoms with E-state index in [2.05, 4.69) is 33.7 Å². The lowest BCUT2D eigenvalue weighted by molar-refractivity contribution is 0.413. The molecule has 0 aliphatic carbocycles. The van der Waals surface area contributed by atoms with E-state index in [9.17, 15) is 0 Å². The first-order valence-electron chi connectivity index (χ1n) is 4.27. The lowest BCUT2D eigenvalue weighted by Gasteiger charge is -1.96. The predicted molar refractivity (Wildman–Crippen MR) is 53.3 cm³/mol. The second-order valence-electron chi connectivity index (χ2n) is 3.13. The number of hydrogen-bond donors (Lipinski definition) is 0. The predicted octanol–water partition coefficient (Wildman–Crippen LogP) is 2.62. The topological polar surface area (TPSA) is 38.9 Å². The van der Waals surface area contributed by atoms with Gasteiger partial charge >= 0.3 is 5.35 Å².